The van der Waals surface area contributed by atoms with Crippen molar-refractivity contribution in [2.24, 2.45) is 11.7 Å². The van der Waals surface area contributed by atoms with Gasteiger partial charge in [0.25, 0.3) is 0 Å². The average molecular weight is 589 g/mol. The van der Waals surface area contributed by atoms with E-state index in [1.54, 1.807) is 28.9 Å². The van der Waals surface area contributed by atoms with Gasteiger partial charge in [-0.2, -0.15) is 0 Å². The molecular weight excluding hydrogens is 544 g/mol. The highest BCUT2D eigenvalue weighted by molar-refractivity contribution is 5.97. The molecule has 6 N–H and O–H groups in total. The van der Waals surface area contributed by atoms with Crippen molar-refractivity contribution in [3.05, 3.63) is 41.7 Å². The van der Waals surface area contributed by atoms with Crippen LogP contribution in [0.4, 0.5) is 10.5 Å². The summed E-state index contributed by atoms with van der Waals surface area (Å²) in [6.45, 7) is 9.63. The molecule has 0 unspecified atom stereocenters. The summed E-state index contributed by atoms with van der Waals surface area (Å²) in [5, 5.41) is 19.5. The van der Waals surface area contributed by atoms with Gasteiger partial charge in [-0.25, -0.2) is 4.79 Å². The molecule has 1 aromatic heterocycles. The lowest BCUT2D eigenvalue weighted by Crippen LogP contribution is -2.53. The summed E-state index contributed by atoms with van der Waals surface area (Å²) in [6, 6.07) is 4.77. The number of amides is 4. The van der Waals surface area contributed by atoms with E-state index < -0.39 is 24.0 Å². The van der Waals surface area contributed by atoms with Crippen molar-refractivity contribution in [2.45, 2.75) is 72.2 Å². The largest absolute Gasteiger partial charge is 0.461 e. The maximum atomic E-state index is 13.3. The molecule has 0 aliphatic carbocycles. The number of nitrogens with two attached hydrogens (primary N) is 1. The molecule has 0 saturated carbocycles. The van der Waals surface area contributed by atoms with Gasteiger partial charge in [-0.15, -0.1) is 5.10 Å². The van der Waals surface area contributed by atoms with Crippen molar-refractivity contribution in [2.75, 3.05) is 31.6 Å². The maximum absolute atomic E-state index is 13.3. The molecule has 2 rings (SSSR count). The molecule has 4 amide bonds. The predicted molar refractivity (Wildman–Crippen MR) is 156 cm³/mol. The Morgan fingerprint density at radius 3 is 2.40 bits per heavy atom. The van der Waals surface area contributed by atoms with Crippen molar-refractivity contribution < 1.29 is 28.7 Å². The number of nitrogens with zero attached hydrogens (tertiary/aromatic N) is 3. The zero-order valence-electron chi connectivity index (χ0n) is 24.9. The molecule has 0 spiro atoms. The Bertz CT molecular complexity index is 1140. The lowest BCUT2D eigenvalue weighted by molar-refractivity contribution is -0.142. The molecule has 0 saturated heterocycles. The summed E-state index contributed by atoms with van der Waals surface area (Å²) in [5.41, 5.74) is 7.29. The van der Waals surface area contributed by atoms with Gasteiger partial charge in [0.2, 0.25) is 11.8 Å². The van der Waals surface area contributed by atoms with Gasteiger partial charge < -0.3 is 36.5 Å². The van der Waals surface area contributed by atoms with Gasteiger partial charge in [0.1, 0.15) is 12.6 Å². The Kier molecular flexibility index (Phi) is 15.0. The minimum Gasteiger partial charge on any atom is -0.461 e. The van der Waals surface area contributed by atoms with Crippen molar-refractivity contribution in [1.82, 2.24) is 30.9 Å². The third kappa shape index (κ3) is 13.1. The summed E-state index contributed by atoms with van der Waals surface area (Å²) in [7, 11) is 0. The number of urea groups is 1. The number of aryl methyl sites for hydroxylation is 1. The number of rotatable bonds is 19. The van der Waals surface area contributed by atoms with Gasteiger partial charge in [-0.05, 0) is 43.4 Å². The van der Waals surface area contributed by atoms with E-state index in [1.165, 1.54) is 6.92 Å². The highest BCUT2D eigenvalue weighted by Crippen LogP contribution is 2.13. The first-order chi connectivity index (χ1) is 20.1. The SMILES string of the molecule is CCn1cc(CCOCCN[C@H](C(=O)N[C@@H](CCCNC(N)=O)C(=O)Nc2ccc(COC(C)=O)cc2)C(C)C)nn1. The molecule has 1 heterocycles. The van der Waals surface area contributed by atoms with E-state index in [0.717, 1.165) is 17.8 Å². The maximum Gasteiger partial charge on any atom is 0.312 e. The summed E-state index contributed by atoms with van der Waals surface area (Å²) in [5.74, 6) is -1.16. The lowest BCUT2D eigenvalue weighted by atomic mass is 10.0. The Hall–Kier alpha value is -4.04. The van der Waals surface area contributed by atoms with E-state index in [0.29, 0.717) is 38.3 Å². The van der Waals surface area contributed by atoms with Gasteiger partial charge in [0, 0.05) is 44.9 Å². The van der Waals surface area contributed by atoms with Gasteiger partial charge in [-0.3, -0.25) is 19.1 Å². The zero-order chi connectivity index (χ0) is 30.9. The average Bonchev–Trinajstić information content (AvgIpc) is 3.41. The van der Waals surface area contributed by atoms with E-state index in [-0.39, 0.29) is 37.4 Å². The van der Waals surface area contributed by atoms with E-state index >= 15 is 0 Å². The second-order valence-corrected chi connectivity index (χ2v) is 10.1. The predicted octanol–water partition coefficient (Wildman–Crippen LogP) is 1.11. The molecular formula is C28H44N8O6. The Labute approximate surface area is 246 Å². The van der Waals surface area contributed by atoms with Crippen LogP contribution in [0.2, 0.25) is 0 Å². The highest BCUT2D eigenvalue weighted by Gasteiger charge is 2.27. The van der Waals surface area contributed by atoms with Gasteiger partial charge in [0.15, 0.2) is 0 Å². The highest BCUT2D eigenvalue weighted by atomic mass is 16.5. The van der Waals surface area contributed by atoms with E-state index in [1.807, 2.05) is 27.0 Å². The molecule has 14 heteroatoms. The molecule has 0 aliphatic heterocycles. The smallest absolute Gasteiger partial charge is 0.312 e. The quantitative estimate of drug-likeness (QED) is 0.118. The topological polar surface area (TPSA) is 192 Å². The second-order valence-electron chi connectivity index (χ2n) is 10.1. The van der Waals surface area contributed by atoms with Crippen LogP contribution in [0.5, 0.6) is 0 Å². The molecule has 0 radical (unpaired) electrons. The molecule has 42 heavy (non-hydrogen) atoms. The van der Waals surface area contributed by atoms with E-state index in [2.05, 4.69) is 31.6 Å². The molecule has 0 fully saturated rings. The van der Waals surface area contributed by atoms with E-state index in [9.17, 15) is 19.2 Å². The van der Waals surface area contributed by atoms with Crippen LogP contribution in [0.15, 0.2) is 30.5 Å². The number of hydrogen-bond acceptors (Lipinski definition) is 9. The number of hydrogen-bond donors (Lipinski definition) is 5. The Morgan fingerprint density at radius 2 is 1.79 bits per heavy atom. The molecule has 0 aliphatic rings. The van der Waals surface area contributed by atoms with Crippen LogP contribution in [-0.4, -0.2) is 77.2 Å². The Morgan fingerprint density at radius 1 is 1.05 bits per heavy atom. The third-order valence-electron chi connectivity index (χ3n) is 6.24. The van der Waals surface area contributed by atoms with Crippen molar-refractivity contribution in [1.29, 1.82) is 0 Å². The fourth-order valence-electron chi connectivity index (χ4n) is 3.95. The minimum absolute atomic E-state index is 0.0564. The monoisotopic (exact) mass is 588 g/mol. The second kappa shape index (κ2) is 18.4. The number of esters is 1. The van der Waals surface area contributed by atoms with Crippen LogP contribution >= 0.6 is 0 Å². The van der Waals surface area contributed by atoms with Gasteiger partial charge in [-0.1, -0.05) is 31.2 Å². The molecule has 2 atom stereocenters. The number of primary amides is 1. The number of anilines is 1. The molecule has 232 valence electrons. The number of ether oxygens (including phenoxy) is 2. The molecule has 2 aromatic rings. The summed E-state index contributed by atoms with van der Waals surface area (Å²) in [6.07, 6.45) is 3.23. The van der Waals surface area contributed by atoms with Crippen LogP contribution in [0, 0.1) is 5.92 Å². The summed E-state index contributed by atoms with van der Waals surface area (Å²) < 4.78 is 12.4. The third-order valence-corrected chi connectivity index (χ3v) is 6.24. The fraction of sp³-hybridized carbons (Fsp3) is 0.571. The molecule has 0 bridgehead atoms. The zero-order valence-corrected chi connectivity index (χ0v) is 24.9. The first kappa shape index (κ1) is 34.2. The standard InChI is InChI=1S/C28H44N8O6/c1-5-36-17-23(34-35-36)12-15-41-16-14-30-25(19(2)3)27(39)33-24(7-6-13-31-28(29)40)26(38)32-22-10-8-21(9-11-22)18-42-20(4)37/h8-11,17,19,24-25,30H,5-7,12-16,18H2,1-4H3,(H,32,38)(H,33,39)(H3,29,31,40)/t24-,25-/m0/s1. The van der Waals surface area contributed by atoms with Crippen LogP contribution in [0.25, 0.3) is 0 Å². The van der Waals surface area contributed by atoms with Gasteiger partial charge >= 0.3 is 12.0 Å². The number of benzene rings is 1. The van der Waals surface area contributed by atoms with Crippen LogP contribution in [0.1, 0.15) is 51.8 Å². The number of carbonyl (C=O) groups is 4. The normalized spacial score (nSPS) is 12.4. The minimum atomic E-state index is -0.858. The number of nitrogens with one attached hydrogen (secondary N) is 4. The lowest BCUT2D eigenvalue weighted by Gasteiger charge is -2.25. The summed E-state index contributed by atoms with van der Waals surface area (Å²) in [4.78, 5) is 48.5. The van der Waals surface area contributed by atoms with Crippen molar-refractivity contribution in [3.63, 3.8) is 0 Å². The molecule has 1 aromatic carbocycles. The first-order valence-corrected chi connectivity index (χ1v) is 14.2. The van der Waals surface area contributed by atoms with Crippen LogP contribution in [0.3, 0.4) is 0 Å². The van der Waals surface area contributed by atoms with Crippen molar-refractivity contribution in [3.8, 4) is 0 Å². The Balaban J connectivity index is 1.91. The van der Waals surface area contributed by atoms with Gasteiger partial charge in [0.05, 0.1) is 24.9 Å². The fourth-order valence-corrected chi connectivity index (χ4v) is 3.95. The van der Waals surface area contributed by atoms with E-state index in [4.69, 9.17) is 15.2 Å². The number of carbonyl (C=O) groups excluding carboxylic acids is 4. The van der Waals surface area contributed by atoms with Crippen molar-refractivity contribution >= 4 is 29.5 Å². The van der Waals surface area contributed by atoms with Crippen LogP contribution < -0.4 is 27.0 Å². The number of aromatic nitrogens is 3. The summed E-state index contributed by atoms with van der Waals surface area (Å²) >= 11 is 0. The van der Waals surface area contributed by atoms with Crippen LogP contribution in [-0.2, 0) is 43.4 Å². The molecule has 14 nitrogen and oxygen atoms in total. The first-order valence-electron chi connectivity index (χ1n) is 14.2.